The molecule has 3 aromatic carbocycles. The molecule has 35 heavy (non-hydrogen) atoms. The van der Waals surface area contributed by atoms with Crippen LogP contribution >= 0.6 is 0 Å². The zero-order valence-corrected chi connectivity index (χ0v) is 19.7. The summed E-state index contributed by atoms with van der Waals surface area (Å²) >= 11 is 0. The van der Waals surface area contributed by atoms with Crippen molar-refractivity contribution in [2.45, 2.75) is 25.6 Å². The maximum absolute atomic E-state index is 12.3. The van der Waals surface area contributed by atoms with Crippen molar-refractivity contribution in [2.24, 2.45) is 0 Å². The van der Waals surface area contributed by atoms with Crippen molar-refractivity contribution < 1.29 is 9.84 Å². The van der Waals surface area contributed by atoms with E-state index in [9.17, 15) is 5.11 Å². The summed E-state index contributed by atoms with van der Waals surface area (Å²) in [6.07, 6.45) is 5.23. The number of hydrogen-bond acceptors (Lipinski definition) is 5. The van der Waals surface area contributed by atoms with Crippen LogP contribution in [-0.2, 0) is 18.7 Å². The number of rotatable bonds is 8. The van der Waals surface area contributed by atoms with Gasteiger partial charge in [-0.05, 0) is 42.3 Å². The van der Waals surface area contributed by atoms with E-state index in [2.05, 4.69) is 27.4 Å². The van der Waals surface area contributed by atoms with Crippen LogP contribution in [0.5, 0.6) is 5.75 Å². The van der Waals surface area contributed by atoms with E-state index in [0.717, 1.165) is 33.7 Å². The zero-order valence-electron chi connectivity index (χ0n) is 19.7. The lowest BCUT2D eigenvalue weighted by molar-refractivity contribution is 0.0572. The lowest BCUT2D eigenvalue weighted by Gasteiger charge is -2.28. The normalized spacial score (nSPS) is 12.9. The average Bonchev–Trinajstić information content (AvgIpc) is 3.55. The molecule has 0 saturated heterocycles. The van der Waals surface area contributed by atoms with Gasteiger partial charge < -0.3 is 14.4 Å². The molecule has 5 aromatic rings. The van der Waals surface area contributed by atoms with Gasteiger partial charge in [-0.25, -0.2) is 9.67 Å². The number of hydrogen-bond donors (Lipinski definition) is 1. The molecule has 0 bridgehead atoms. The molecule has 0 aliphatic heterocycles. The van der Waals surface area contributed by atoms with Crippen LogP contribution in [0.15, 0.2) is 97.6 Å². The summed E-state index contributed by atoms with van der Waals surface area (Å²) in [6.45, 7) is 2.78. The predicted octanol–water partition coefficient (Wildman–Crippen LogP) is 4.44. The first-order valence-electron chi connectivity index (χ1n) is 11.4. The fourth-order valence-corrected chi connectivity index (χ4v) is 4.27. The first-order valence-corrected chi connectivity index (χ1v) is 11.4. The molecule has 0 amide bonds. The summed E-state index contributed by atoms with van der Waals surface area (Å²) in [6, 6.07) is 25.7. The van der Waals surface area contributed by atoms with E-state index in [1.165, 1.54) is 0 Å². The van der Waals surface area contributed by atoms with Gasteiger partial charge in [-0.1, -0.05) is 65.4 Å². The molecule has 1 atom stereocenters. The standard InChI is InChI=1S/C28H27N5O2/c1-21-8-12-24(13-9-21)28(34,19-32-17-16-29-20-32)27-26(23-10-14-25(35-2)15-11-23)33(31-30-27)18-22-6-4-3-5-7-22/h3-17,20,34H,18-19H2,1-2H3. The van der Waals surface area contributed by atoms with Gasteiger partial charge in [-0.2, -0.15) is 0 Å². The molecular weight excluding hydrogens is 438 g/mol. The molecular formula is C28H27N5O2. The van der Waals surface area contributed by atoms with Crippen molar-refractivity contribution in [1.29, 1.82) is 0 Å². The van der Waals surface area contributed by atoms with Gasteiger partial charge in [-0.3, -0.25) is 0 Å². The molecule has 176 valence electrons. The number of aryl methyl sites for hydroxylation is 1. The molecule has 0 saturated carbocycles. The van der Waals surface area contributed by atoms with Gasteiger partial charge in [0.2, 0.25) is 0 Å². The summed E-state index contributed by atoms with van der Waals surface area (Å²) < 4.78 is 9.06. The lowest BCUT2D eigenvalue weighted by atomic mass is 9.87. The van der Waals surface area contributed by atoms with E-state index >= 15 is 0 Å². The number of aromatic nitrogens is 5. The number of methoxy groups -OCH3 is 1. The Labute approximate surface area is 204 Å². The molecule has 7 heteroatoms. The van der Waals surface area contributed by atoms with Crippen LogP contribution in [0.2, 0.25) is 0 Å². The number of imidazole rings is 1. The van der Waals surface area contributed by atoms with Gasteiger partial charge in [-0.15, -0.1) is 5.10 Å². The highest BCUT2D eigenvalue weighted by Gasteiger charge is 2.39. The van der Waals surface area contributed by atoms with Crippen molar-refractivity contribution >= 4 is 0 Å². The van der Waals surface area contributed by atoms with Gasteiger partial charge in [0, 0.05) is 18.0 Å². The van der Waals surface area contributed by atoms with Gasteiger partial charge >= 0.3 is 0 Å². The van der Waals surface area contributed by atoms with E-state index in [4.69, 9.17) is 4.74 Å². The monoisotopic (exact) mass is 465 g/mol. The summed E-state index contributed by atoms with van der Waals surface area (Å²) in [7, 11) is 1.64. The molecule has 0 spiro atoms. The molecule has 2 heterocycles. The van der Waals surface area contributed by atoms with Crippen LogP contribution in [0.1, 0.15) is 22.4 Å². The van der Waals surface area contributed by atoms with Crippen LogP contribution in [0, 0.1) is 6.92 Å². The first kappa shape index (κ1) is 22.6. The number of aliphatic hydroxyl groups is 1. The Morgan fingerprint density at radius 3 is 2.34 bits per heavy atom. The molecule has 0 radical (unpaired) electrons. The lowest BCUT2D eigenvalue weighted by Crippen LogP contribution is -2.34. The Balaban J connectivity index is 1.69. The molecule has 1 N–H and O–H groups in total. The minimum Gasteiger partial charge on any atom is -0.497 e. The summed E-state index contributed by atoms with van der Waals surface area (Å²) in [5.74, 6) is 0.754. The molecule has 2 aromatic heterocycles. The highest BCUT2D eigenvalue weighted by molar-refractivity contribution is 5.65. The Kier molecular flexibility index (Phi) is 6.16. The second kappa shape index (κ2) is 9.56. The molecule has 5 rings (SSSR count). The van der Waals surface area contributed by atoms with Gasteiger partial charge in [0.25, 0.3) is 0 Å². The van der Waals surface area contributed by atoms with Crippen LogP contribution in [-0.4, -0.2) is 36.8 Å². The predicted molar refractivity (Wildman–Crippen MR) is 134 cm³/mol. The maximum atomic E-state index is 12.3. The highest BCUT2D eigenvalue weighted by atomic mass is 16.5. The number of nitrogens with zero attached hydrogens (tertiary/aromatic N) is 5. The third kappa shape index (κ3) is 4.58. The smallest absolute Gasteiger partial charge is 0.153 e. The second-order valence-corrected chi connectivity index (χ2v) is 8.62. The summed E-state index contributed by atoms with van der Waals surface area (Å²) in [4.78, 5) is 4.17. The molecule has 1 unspecified atom stereocenters. The van der Waals surface area contributed by atoms with E-state index in [1.54, 1.807) is 19.6 Å². The Morgan fingerprint density at radius 2 is 1.69 bits per heavy atom. The van der Waals surface area contributed by atoms with Crippen molar-refractivity contribution in [1.82, 2.24) is 24.5 Å². The van der Waals surface area contributed by atoms with Gasteiger partial charge in [0.15, 0.2) is 5.60 Å². The minimum atomic E-state index is -1.45. The third-order valence-corrected chi connectivity index (χ3v) is 6.17. The van der Waals surface area contributed by atoms with Crippen LogP contribution < -0.4 is 4.74 Å². The van der Waals surface area contributed by atoms with Crippen molar-refractivity contribution in [3.63, 3.8) is 0 Å². The minimum absolute atomic E-state index is 0.239. The van der Waals surface area contributed by atoms with E-state index in [-0.39, 0.29) is 6.54 Å². The third-order valence-electron chi connectivity index (χ3n) is 6.17. The van der Waals surface area contributed by atoms with E-state index < -0.39 is 5.60 Å². The first-order chi connectivity index (χ1) is 17.1. The summed E-state index contributed by atoms with van der Waals surface area (Å²) in [5.41, 5.74) is 3.61. The average molecular weight is 466 g/mol. The Bertz CT molecular complexity index is 1380. The number of benzene rings is 3. The van der Waals surface area contributed by atoms with Crippen LogP contribution in [0.3, 0.4) is 0 Å². The van der Waals surface area contributed by atoms with Gasteiger partial charge in [0.05, 0.1) is 32.2 Å². The van der Waals surface area contributed by atoms with Crippen molar-refractivity contribution in [3.8, 4) is 17.0 Å². The largest absolute Gasteiger partial charge is 0.497 e. The Morgan fingerprint density at radius 1 is 0.943 bits per heavy atom. The van der Waals surface area contributed by atoms with Crippen molar-refractivity contribution in [3.05, 3.63) is 120 Å². The topological polar surface area (TPSA) is 78.0 Å². The molecule has 0 aliphatic carbocycles. The van der Waals surface area contributed by atoms with E-state index in [0.29, 0.717) is 12.2 Å². The highest BCUT2D eigenvalue weighted by Crippen LogP contribution is 2.37. The van der Waals surface area contributed by atoms with Gasteiger partial charge in [0.1, 0.15) is 11.4 Å². The van der Waals surface area contributed by atoms with Crippen molar-refractivity contribution in [2.75, 3.05) is 7.11 Å². The fraction of sp³-hybridized carbons (Fsp3) is 0.179. The van der Waals surface area contributed by atoms with E-state index in [1.807, 2.05) is 89.1 Å². The molecule has 7 nitrogen and oxygen atoms in total. The molecule has 0 aliphatic rings. The van der Waals surface area contributed by atoms with Crippen LogP contribution in [0.25, 0.3) is 11.3 Å². The fourth-order valence-electron chi connectivity index (χ4n) is 4.27. The SMILES string of the molecule is COc1ccc(-c2c(C(O)(Cn3ccnc3)c3ccc(C)cc3)nnn2Cc2ccccc2)cc1. The molecule has 0 fully saturated rings. The maximum Gasteiger partial charge on any atom is 0.153 e. The summed E-state index contributed by atoms with van der Waals surface area (Å²) in [5, 5.41) is 21.4. The Hall–Kier alpha value is -4.23. The zero-order chi connectivity index (χ0) is 24.3. The van der Waals surface area contributed by atoms with Crippen LogP contribution in [0.4, 0.5) is 0 Å². The quantitative estimate of drug-likeness (QED) is 0.367. The second-order valence-electron chi connectivity index (χ2n) is 8.62. The number of ether oxygens (including phenoxy) is 1.